The van der Waals surface area contributed by atoms with Crippen molar-refractivity contribution in [2.24, 2.45) is 0 Å². The van der Waals surface area contributed by atoms with Crippen LogP contribution in [-0.4, -0.2) is 0 Å². The van der Waals surface area contributed by atoms with E-state index in [1.165, 1.54) is 5.92 Å². The second kappa shape index (κ2) is 4.28. The van der Waals surface area contributed by atoms with Crippen LogP contribution in [0.4, 0.5) is 0 Å². The molecule has 0 aliphatic rings. The topological polar surface area (TPSA) is 23.8 Å². The van der Waals surface area contributed by atoms with Crippen molar-refractivity contribution in [3.05, 3.63) is 40.8 Å². The van der Waals surface area contributed by atoms with Gasteiger partial charge >= 0.3 is 0 Å². The molecule has 0 spiro atoms. The fourth-order valence-electron chi connectivity index (χ4n) is 1.47. The normalized spacial score (nSPS) is 10.6. The molecule has 0 amide bonds. The van der Waals surface area contributed by atoms with Crippen LogP contribution in [-0.2, 0) is 0 Å². The Labute approximate surface area is 86.4 Å². The number of hydrogen-bond acceptors (Lipinski definition) is 1. The number of hydrogen-bond donors (Lipinski definition) is 0. The molecule has 1 nitrogen and oxygen atoms in total. The fraction of sp³-hybridized carbons (Fsp3) is 0.385. The molecule has 0 bridgehead atoms. The number of nitriles is 1. The number of rotatable bonds is 2. The summed E-state index contributed by atoms with van der Waals surface area (Å²) in [5.41, 5.74) is 3.10. The summed E-state index contributed by atoms with van der Waals surface area (Å²) in [6.45, 7) is 8.34. The third-order valence-electron chi connectivity index (χ3n) is 2.37. The highest BCUT2D eigenvalue weighted by Gasteiger charge is 2.08. The lowest BCUT2D eigenvalue weighted by atomic mass is 9.93. The molecular weight excluding hydrogens is 170 g/mol. The molecule has 1 radical (unpaired) electrons. The van der Waals surface area contributed by atoms with Crippen molar-refractivity contribution in [1.82, 2.24) is 0 Å². The first kappa shape index (κ1) is 10.8. The van der Waals surface area contributed by atoms with E-state index in [1.54, 1.807) is 0 Å². The summed E-state index contributed by atoms with van der Waals surface area (Å²) in [6.07, 6.45) is 0. The Morgan fingerprint density at radius 1 is 1.29 bits per heavy atom. The SMILES string of the molecule is C[C](C)c1ccc(C(C)C)c(C#N)c1. The summed E-state index contributed by atoms with van der Waals surface area (Å²) in [6, 6.07) is 8.39. The van der Waals surface area contributed by atoms with Gasteiger partial charge in [0.15, 0.2) is 0 Å². The van der Waals surface area contributed by atoms with Crippen LogP contribution >= 0.6 is 0 Å². The summed E-state index contributed by atoms with van der Waals surface area (Å²) >= 11 is 0. The van der Waals surface area contributed by atoms with E-state index in [2.05, 4.69) is 45.9 Å². The summed E-state index contributed by atoms with van der Waals surface area (Å²) in [7, 11) is 0. The van der Waals surface area contributed by atoms with Crippen LogP contribution in [0, 0.1) is 17.2 Å². The first-order valence-corrected chi connectivity index (χ1v) is 4.91. The highest BCUT2D eigenvalue weighted by molar-refractivity contribution is 5.45. The minimum Gasteiger partial charge on any atom is -0.192 e. The minimum absolute atomic E-state index is 0.413. The molecular formula is C13H16N. The van der Waals surface area contributed by atoms with E-state index >= 15 is 0 Å². The number of benzene rings is 1. The molecule has 1 aromatic rings. The zero-order chi connectivity index (χ0) is 10.7. The van der Waals surface area contributed by atoms with Gasteiger partial charge in [-0.25, -0.2) is 0 Å². The molecule has 1 aromatic carbocycles. The van der Waals surface area contributed by atoms with Crippen LogP contribution < -0.4 is 0 Å². The molecule has 0 atom stereocenters. The predicted octanol–water partition coefficient (Wildman–Crippen LogP) is 3.64. The van der Waals surface area contributed by atoms with Gasteiger partial charge in [0.2, 0.25) is 0 Å². The lowest BCUT2D eigenvalue weighted by Gasteiger charge is -2.11. The molecule has 1 heteroatoms. The van der Waals surface area contributed by atoms with Crippen molar-refractivity contribution in [3.63, 3.8) is 0 Å². The predicted molar refractivity (Wildman–Crippen MR) is 58.9 cm³/mol. The Hall–Kier alpha value is -1.29. The zero-order valence-electron chi connectivity index (χ0n) is 9.26. The lowest BCUT2D eigenvalue weighted by Crippen LogP contribution is -1.96. The van der Waals surface area contributed by atoms with Crippen molar-refractivity contribution < 1.29 is 0 Å². The van der Waals surface area contributed by atoms with Crippen molar-refractivity contribution >= 4 is 0 Å². The Morgan fingerprint density at radius 2 is 1.93 bits per heavy atom. The van der Waals surface area contributed by atoms with Crippen LogP contribution in [0.2, 0.25) is 0 Å². The summed E-state index contributed by atoms with van der Waals surface area (Å²) < 4.78 is 0. The molecule has 0 aliphatic heterocycles. The maximum atomic E-state index is 9.01. The highest BCUT2D eigenvalue weighted by Crippen LogP contribution is 2.23. The van der Waals surface area contributed by atoms with Gasteiger partial charge in [0, 0.05) is 0 Å². The van der Waals surface area contributed by atoms with Gasteiger partial charge in [-0.15, -0.1) is 0 Å². The molecule has 1 rings (SSSR count). The van der Waals surface area contributed by atoms with E-state index in [0.29, 0.717) is 5.92 Å². The largest absolute Gasteiger partial charge is 0.192 e. The van der Waals surface area contributed by atoms with E-state index in [0.717, 1.165) is 16.7 Å². The average molecular weight is 186 g/mol. The first-order chi connectivity index (χ1) is 6.56. The van der Waals surface area contributed by atoms with Crippen molar-refractivity contribution in [1.29, 1.82) is 5.26 Å². The third kappa shape index (κ3) is 2.14. The maximum absolute atomic E-state index is 9.01. The average Bonchev–Trinajstić information content (AvgIpc) is 2.16. The molecule has 0 N–H and O–H groups in total. The van der Waals surface area contributed by atoms with Crippen LogP contribution in [0.25, 0.3) is 0 Å². The molecule has 0 fully saturated rings. The van der Waals surface area contributed by atoms with Gasteiger partial charge in [0.25, 0.3) is 0 Å². The van der Waals surface area contributed by atoms with Gasteiger partial charge in [0.05, 0.1) is 11.6 Å². The maximum Gasteiger partial charge on any atom is 0.0994 e. The van der Waals surface area contributed by atoms with E-state index in [9.17, 15) is 0 Å². The Morgan fingerprint density at radius 3 is 2.36 bits per heavy atom. The summed E-state index contributed by atoms with van der Waals surface area (Å²) in [4.78, 5) is 0. The van der Waals surface area contributed by atoms with Crippen LogP contribution in [0.5, 0.6) is 0 Å². The molecule has 0 aliphatic carbocycles. The molecule has 0 saturated carbocycles. The van der Waals surface area contributed by atoms with Crippen molar-refractivity contribution in [2.45, 2.75) is 33.6 Å². The number of nitrogens with zero attached hydrogens (tertiary/aromatic N) is 1. The van der Waals surface area contributed by atoms with Gasteiger partial charge < -0.3 is 0 Å². The van der Waals surface area contributed by atoms with Crippen LogP contribution in [0.15, 0.2) is 18.2 Å². The monoisotopic (exact) mass is 186 g/mol. The lowest BCUT2D eigenvalue weighted by molar-refractivity contribution is 0.861. The zero-order valence-corrected chi connectivity index (χ0v) is 9.26. The molecule has 0 unspecified atom stereocenters. The van der Waals surface area contributed by atoms with Gasteiger partial charge in [-0.05, 0) is 29.0 Å². The van der Waals surface area contributed by atoms with Gasteiger partial charge in [-0.3, -0.25) is 0 Å². The van der Waals surface area contributed by atoms with Crippen molar-refractivity contribution in [2.75, 3.05) is 0 Å². The fourth-order valence-corrected chi connectivity index (χ4v) is 1.47. The van der Waals surface area contributed by atoms with E-state index in [-0.39, 0.29) is 0 Å². The van der Waals surface area contributed by atoms with E-state index in [1.807, 2.05) is 6.07 Å². The minimum atomic E-state index is 0.413. The summed E-state index contributed by atoms with van der Waals surface area (Å²) in [5, 5.41) is 9.01. The van der Waals surface area contributed by atoms with Crippen LogP contribution in [0.1, 0.15) is 50.3 Å². The van der Waals surface area contributed by atoms with Crippen molar-refractivity contribution in [3.8, 4) is 6.07 Å². The molecule has 14 heavy (non-hydrogen) atoms. The van der Waals surface area contributed by atoms with E-state index in [4.69, 9.17) is 5.26 Å². The Kier molecular flexibility index (Phi) is 3.30. The second-order valence-corrected chi connectivity index (χ2v) is 4.07. The van der Waals surface area contributed by atoms with E-state index < -0.39 is 0 Å². The Balaban J connectivity index is 3.20. The third-order valence-corrected chi connectivity index (χ3v) is 2.37. The standard InChI is InChI=1S/C13H16N/c1-9(2)11-5-6-13(10(3)4)12(7-11)8-14/h5-7,10H,1-4H3. The van der Waals surface area contributed by atoms with Gasteiger partial charge in [-0.1, -0.05) is 39.8 Å². The highest BCUT2D eigenvalue weighted by atomic mass is 14.3. The Bertz CT molecular complexity index is 356. The first-order valence-electron chi connectivity index (χ1n) is 4.91. The van der Waals surface area contributed by atoms with Gasteiger partial charge in [0.1, 0.15) is 0 Å². The molecule has 0 aromatic heterocycles. The van der Waals surface area contributed by atoms with Crippen LogP contribution in [0.3, 0.4) is 0 Å². The molecule has 0 saturated heterocycles. The van der Waals surface area contributed by atoms with Gasteiger partial charge in [-0.2, -0.15) is 5.26 Å². The quantitative estimate of drug-likeness (QED) is 0.691. The molecule has 73 valence electrons. The smallest absolute Gasteiger partial charge is 0.0994 e. The summed E-state index contributed by atoms with van der Waals surface area (Å²) in [5.74, 6) is 1.66. The second-order valence-electron chi connectivity index (χ2n) is 4.07. The molecule has 0 heterocycles.